The molecule has 33 heavy (non-hydrogen) atoms. The minimum absolute atomic E-state index is 0.0921. The molecule has 180 valence electrons. The van der Waals surface area contributed by atoms with Crippen LogP contribution in [0.1, 0.15) is 46.3 Å². The van der Waals surface area contributed by atoms with E-state index in [0.29, 0.717) is 6.07 Å². The van der Waals surface area contributed by atoms with E-state index in [1.54, 1.807) is 0 Å². The quantitative estimate of drug-likeness (QED) is 0.229. The zero-order chi connectivity index (χ0) is 25.3. The molecule has 0 saturated heterocycles. The minimum atomic E-state index is -5.07. The first-order valence-electron chi connectivity index (χ1n) is 9.11. The summed E-state index contributed by atoms with van der Waals surface area (Å²) < 4.78 is 96.2. The third-order valence-corrected chi connectivity index (χ3v) is 5.64. The number of hydrogen-bond acceptors (Lipinski definition) is 2. The molecule has 0 aromatic heterocycles. The SMILES string of the molecule is C[C@H](N)CC(=O)c1ccc(/C(F)=C/C(c2cc(Cl)c(Cl)c(Cl)c2)C(F)(F)F)cc1C(F)(F)F. The fourth-order valence-corrected chi connectivity index (χ4v) is 3.56. The van der Waals surface area contributed by atoms with Crippen molar-refractivity contribution in [2.75, 3.05) is 0 Å². The maximum atomic E-state index is 14.8. The van der Waals surface area contributed by atoms with Crippen molar-refractivity contribution in [1.82, 2.24) is 0 Å². The second-order valence-electron chi connectivity index (χ2n) is 7.20. The minimum Gasteiger partial charge on any atom is -0.328 e. The fraction of sp³-hybridized carbons (Fsp3) is 0.286. The summed E-state index contributed by atoms with van der Waals surface area (Å²) in [4.78, 5) is 12.1. The lowest BCUT2D eigenvalue weighted by atomic mass is 9.94. The van der Waals surface area contributed by atoms with E-state index < -0.39 is 64.6 Å². The van der Waals surface area contributed by atoms with Crippen molar-refractivity contribution >= 4 is 46.4 Å². The van der Waals surface area contributed by atoms with E-state index in [1.807, 2.05) is 0 Å². The van der Waals surface area contributed by atoms with E-state index in [0.717, 1.165) is 18.2 Å². The number of rotatable bonds is 6. The van der Waals surface area contributed by atoms with Crippen LogP contribution in [0.25, 0.3) is 5.83 Å². The molecule has 12 heteroatoms. The van der Waals surface area contributed by atoms with Crippen molar-refractivity contribution in [2.45, 2.75) is 37.7 Å². The van der Waals surface area contributed by atoms with Gasteiger partial charge < -0.3 is 5.73 Å². The fourth-order valence-electron chi connectivity index (χ4n) is 2.95. The standard InChI is InChI=1S/C21H15Cl3F7NO/c1-9(32)4-18(33)12-3-2-10(5-14(12)21(29,30)31)17(25)8-13(20(26,27)28)11-6-15(22)19(24)16(23)7-11/h2-3,5-9,13H,4,32H2,1H3/b17-8-/t9-,13?/m0/s1. The predicted molar refractivity (Wildman–Crippen MR) is 113 cm³/mol. The Balaban J connectivity index is 2.60. The Kier molecular flexibility index (Phi) is 8.49. The summed E-state index contributed by atoms with van der Waals surface area (Å²) in [5.41, 5.74) is 1.81. The van der Waals surface area contributed by atoms with Gasteiger partial charge in [0.25, 0.3) is 0 Å². The van der Waals surface area contributed by atoms with E-state index in [-0.39, 0.29) is 27.2 Å². The lowest BCUT2D eigenvalue weighted by Gasteiger charge is -2.19. The number of halogens is 10. The number of nitrogens with two attached hydrogens (primary N) is 1. The van der Waals surface area contributed by atoms with Gasteiger partial charge in [-0.2, -0.15) is 26.3 Å². The Bertz CT molecular complexity index is 1060. The Hall–Kier alpha value is -1.81. The Morgan fingerprint density at radius 2 is 1.58 bits per heavy atom. The van der Waals surface area contributed by atoms with Crippen LogP contribution in [0.3, 0.4) is 0 Å². The van der Waals surface area contributed by atoms with Crippen LogP contribution in [0.15, 0.2) is 36.4 Å². The topological polar surface area (TPSA) is 43.1 Å². The molecule has 0 aliphatic heterocycles. The van der Waals surface area contributed by atoms with Crippen molar-refractivity contribution < 1.29 is 35.5 Å². The van der Waals surface area contributed by atoms with Gasteiger partial charge in [-0.05, 0) is 36.8 Å². The van der Waals surface area contributed by atoms with Gasteiger partial charge in [-0.1, -0.05) is 46.9 Å². The largest absolute Gasteiger partial charge is 0.417 e. The highest BCUT2D eigenvalue weighted by Gasteiger charge is 2.41. The van der Waals surface area contributed by atoms with E-state index in [2.05, 4.69) is 0 Å². The summed E-state index contributed by atoms with van der Waals surface area (Å²) in [5.74, 6) is -5.14. The summed E-state index contributed by atoms with van der Waals surface area (Å²) in [6.07, 6.45) is -10.4. The Morgan fingerprint density at radius 1 is 1.03 bits per heavy atom. The molecule has 0 fully saturated rings. The zero-order valence-corrected chi connectivity index (χ0v) is 18.9. The molecular formula is C21H15Cl3F7NO. The number of hydrogen-bond donors (Lipinski definition) is 1. The molecule has 2 aromatic carbocycles. The first-order valence-corrected chi connectivity index (χ1v) is 10.2. The molecule has 0 amide bonds. The molecule has 2 N–H and O–H groups in total. The van der Waals surface area contributed by atoms with Crippen molar-refractivity contribution in [3.8, 4) is 0 Å². The first kappa shape index (κ1) is 27.4. The number of Topliss-reactive ketones (excluding diaryl/α,β-unsaturated/α-hetero) is 1. The average Bonchev–Trinajstić information content (AvgIpc) is 2.67. The van der Waals surface area contributed by atoms with Crippen LogP contribution in [0.5, 0.6) is 0 Å². The summed E-state index contributed by atoms with van der Waals surface area (Å²) >= 11 is 17.2. The third kappa shape index (κ3) is 6.85. The van der Waals surface area contributed by atoms with Crippen LogP contribution in [0.4, 0.5) is 30.7 Å². The summed E-state index contributed by atoms with van der Waals surface area (Å²) in [6.45, 7) is 1.41. The van der Waals surface area contributed by atoms with Gasteiger partial charge in [0, 0.05) is 23.6 Å². The van der Waals surface area contributed by atoms with E-state index in [4.69, 9.17) is 40.5 Å². The van der Waals surface area contributed by atoms with E-state index >= 15 is 0 Å². The number of ketones is 1. The molecule has 2 rings (SSSR count). The lowest BCUT2D eigenvalue weighted by Crippen LogP contribution is -2.22. The zero-order valence-electron chi connectivity index (χ0n) is 16.6. The van der Waals surface area contributed by atoms with Gasteiger partial charge in [0.1, 0.15) is 11.7 Å². The molecule has 0 aliphatic rings. The van der Waals surface area contributed by atoms with Crippen molar-refractivity contribution in [2.24, 2.45) is 5.73 Å². The molecule has 2 atom stereocenters. The Labute approximate surface area is 199 Å². The van der Waals surface area contributed by atoms with Gasteiger partial charge in [-0.25, -0.2) is 4.39 Å². The number of benzene rings is 2. The van der Waals surface area contributed by atoms with Crippen LogP contribution >= 0.6 is 34.8 Å². The highest BCUT2D eigenvalue weighted by atomic mass is 35.5. The molecule has 1 unspecified atom stereocenters. The average molecular weight is 537 g/mol. The molecule has 0 bridgehead atoms. The molecule has 0 saturated carbocycles. The second-order valence-corrected chi connectivity index (χ2v) is 8.39. The van der Waals surface area contributed by atoms with Gasteiger partial charge in [0.15, 0.2) is 5.78 Å². The molecule has 0 heterocycles. The van der Waals surface area contributed by atoms with Crippen LogP contribution in [0, 0.1) is 0 Å². The summed E-state index contributed by atoms with van der Waals surface area (Å²) in [5, 5.41) is -0.855. The predicted octanol–water partition coefficient (Wildman–Crippen LogP) is 8.24. The maximum absolute atomic E-state index is 14.8. The van der Waals surface area contributed by atoms with Crippen LogP contribution < -0.4 is 5.73 Å². The van der Waals surface area contributed by atoms with Crippen LogP contribution in [-0.4, -0.2) is 18.0 Å². The van der Waals surface area contributed by atoms with Gasteiger partial charge in [0.2, 0.25) is 0 Å². The highest BCUT2D eigenvalue weighted by Crippen LogP contribution is 2.42. The second kappa shape index (κ2) is 10.2. The van der Waals surface area contributed by atoms with E-state index in [1.165, 1.54) is 6.92 Å². The molecule has 0 spiro atoms. The van der Waals surface area contributed by atoms with Crippen molar-refractivity contribution in [3.05, 3.63) is 73.7 Å². The van der Waals surface area contributed by atoms with Crippen LogP contribution in [-0.2, 0) is 6.18 Å². The number of allylic oxidation sites excluding steroid dienone is 1. The van der Waals surface area contributed by atoms with Gasteiger partial charge in [-0.3, -0.25) is 4.79 Å². The van der Waals surface area contributed by atoms with Crippen molar-refractivity contribution in [3.63, 3.8) is 0 Å². The molecule has 0 radical (unpaired) electrons. The molecule has 2 aromatic rings. The molecule has 2 nitrogen and oxygen atoms in total. The van der Waals surface area contributed by atoms with Crippen LogP contribution in [0.2, 0.25) is 15.1 Å². The summed E-state index contributed by atoms with van der Waals surface area (Å²) in [6, 6.07) is 2.68. The Morgan fingerprint density at radius 3 is 2.03 bits per heavy atom. The highest BCUT2D eigenvalue weighted by molar-refractivity contribution is 6.48. The number of carbonyl (C=O) groups is 1. The monoisotopic (exact) mass is 535 g/mol. The number of carbonyl (C=O) groups excluding carboxylic acids is 1. The third-order valence-electron chi connectivity index (χ3n) is 4.44. The lowest BCUT2D eigenvalue weighted by molar-refractivity contribution is -0.140. The molecule has 0 aliphatic carbocycles. The van der Waals surface area contributed by atoms with Crippen molar-refractivity contribution in [1.29, 1.82) is 0 Å². The van der Waals surface area contributed by atoms with Gasteiger partial charge in [-0.15, -0.1) is 0 Å². The molecular weight excluding hydrogens is 522 g/mol. The first-order chi connectivity index (χ1) is 15.0. The van der Waals surface area contributed by atoms with E-state index in [9.17, 15) is 35.5 Å². The smallest absolute Gasteiger partial charge is 0.328 e. The maximum Gasteiger partial charge on any atom is 0.417 e. The summed E-state index contributed by atoms with van der Waals surface area (Å²) in [7, 11) is 0. The van der Waals surface area contributed by atoms with Gasteiger partial charge in [0.05, 0.1) is 20.6 Å². The van der Waals surface area contributed by atoms with Gasteiger partial charge >= 0.3 is 12.4 Å². The number of alkyl halides is 6. The normalized spacial score (nSPS) is 14.8.